The molecule has 2 aliphatic heterocycles. The Labute approximate surface area is 241 Å². The average molecular weight is 572 g/mol. The Morgan fingerprint density at radius 1 is 0.976 bits per heavy atom. The fraction of sp³-hybridized carbons (Fsp3) is 0.233. The maximum atomic E-state index is 13.5. The third-order valence-electron chi connectivity index (χ3n) is 6.39. The summed E-state index contributed by atoms with van der Waals surface area (Å²) in [6.07, 6.45) is -0.122. The molecule has 41 heavy (non-hydrogen) atoms. The molecule has 2 heterocycles. The lowest BCUT2D eigenvalue weighted by Crippen LogP contribution is -2.42. The molecule has 210 valence electrons. The Balaban J connectivity index is 1.28. The Morgan fingerprint density at radius 3 is 2.51 bits per heavy atom. The number of nitrogens with one attached hydrogen (secondary N) is 2. The van der Waals surface area contributed by atoms with Gasteiger partial charge >= 0.3 is 0 Å². The van der Waals surface area contributed by atoms with Gasteiger partial charge in [0.1, 0.15) is 23.4 Å². The van der Waals surface area contributed by atoms with Crippen LogP contribution in [0.15, 0.2) is 82.8 Å². The number of hydrogen-bond donors (Lipinski definition) is 2. The Bertz CT molecular complexity index is 1540. The molecule has 0 unspecified atom stereocenters. The lowest BCUT2D eigenvalue weighted by Gasteiger charge is -2.25. The number of ether oxygens (including phenoxy) is 2. The minimum Gasteiger partial charge on any atom is -0.496 e. The summed E-state index contributed by atoms with van der Waals surface area (Å²) in [6.45, 7) is 2.60. The highest BCUT2D eigenvalue weighted by molar-refractivity contribution is 8.14. The van der Waals surface area contributed by atoms with Gasteiger partial charge in [0.15, 0.2) is 5.17 Å². The quantitative estimate of drug-likeness (QED) is 0.378. The van der Waals surface area contributed by atoms with Gasteiger partial charge in [0.2, 0.25) is 11.8 Å². The van der Waals surface area contributed by atoms with Crippen molar-refractivity contribution in [2.24, 2.45) is 9.98 Å². The van der Waals surface area contributed by atoms with Crippen molar-refractivity contribution in [2.45, 2.75) is 25.9 Å². The number of rotatable bonds is 10. The Hall–Kier alpha value is -4.64. The summed E-state index contributed by atoms with van der Waals surface area (Å²) >= 11 is 1.13. The average Bonchev–Trinajstić information content (AvgIpc) is 3.32. The molecule has 2 N–H and O–H groups in total. The molecule has 10 nitrogen and oxygen atoms in total. The molecular formula is C30H29N5O5S. The van der Waals surface area contributed by atoms with Gasteiger partial charge in [0.25, 0.3) is 5.91 Å². The first kappa shape index (κ1) is 27.9. The predicted molar refractivity (Wildman–Crippen MR) is 159 cm³/mol. The van der Waals surface area contributed by atoms with Crippen LogP contribution >= 0.6 is 11.8 Å². The number of benzene rings is 3. The molecule has 5 rings (SSSR count). The highest BCUT2D eigenvalue weighted by Gasteiger charge is 2.42. The molecule has 0 radical (unpaired) electrons. The first-order chi connectivity index (χ1) is 20.0. The number of hydrogen-bond acceptors (Lipinski definition) is 8. The zero-order valence-electron chi connectivity index (χ0n) is 22.6. The van der Waals surface area contributed by atoms with E-state index in [1.165, 1.54) is 4.90 Å². The molecule has 0 saturated heterocycles. The van der Waals surface area contributed by atoms with E-state index in [0.29, 0.717) is 46.0 Å². The third kappa shape index (κ3) is 6.25. The number of carbonyl (C=O) groups is 3. The normalized spacial score (nSPS) is 15.3. The number of carbonyl (C=O) groups excluding carboxylic acids is 3. The molecular weight excluding hydrogens is 542 g/mol. The molecule has 11 heteroatoms. The predicted octanol–water partition coefficient (Wildman–Crippen LogP) is 4.13. The van der Waals surface area contributed by atoms with Gasteiger partial charge in [0, 0.05) is 17.7 Å². The van der Waals surface area contributed by atoms with Crippen molar-refractivity contribution in [1.82, 2.24) is 10.2 Å². The molecule has 0 aliphatic carbocycles. The number of aliphatic imine (C=N–C) groups is 2. The fourth-order valence-electron chi connectivity index (χ4n) is 4.49. The number of nitrogens with zero attached hydrogens (tertiary/aromatic N) is 3. The number of anilines is 1. The van der Waals surface area contributed by atoms with E-state index in [1.807, 2.05) is 67.6 Å². The second-order valence-electron chi connectivity index (χ2n) is 9.11. The van der Waals surface area contributed by atoms with Crippen molar-refractivity contribution in [3.05, 3.63) is 83.9 Å². The summed E-state index contributed by atoms with van der Waals surface area (Å²) in [5, 5.41) is 6.04. The van der Waals surface area contributed by atoms with E-state index in [4.69, 9.17) is 9.47 Å². The fourth-order valence-corrected chi connectivity index (χ4v) is 5.29. The van der Waals surface area contributed by atoms with Gasteiger partial charge in [0.05, 0.1) is 37.3 Å². The van der Waals surface area contributed by atoms with Crippen LogP contribution in [-0.4, -0.2) is 59.1 Å². The second kappa shape index (κ2) is 12.7. The molecule has 1 atom stereocenters. The van der Waals surface area contributed by atoms with E-state index in [9.17, 15) is 14.4 Å². The van der Waals surface area contributed by atoms with Gasteiger partial charge in [-0.25, -0.2) is 9.89 Å². The van der Waals surface area contributed by atoms with Gasteiger partial charge in [-0.2, -0.15) is 0 Å². The molecule has 0 spiro atoms. The third-order valence-corrected chi connectivity index (χ3v) is 7.33. The van der Waals surface area contributed by atoms with E-state index in [2.05, 4.69) is 20.6 Å². The van der Waals surface area contributed by atoms with Crippen LogP contribution in [0, 0.1) is 0 Å². The molecule has 0 fully saturated rings. The standard InChI is InChI=1S/C30H29N5O5S/c1-3-40-25-15-9-7-13-22(25)32-27(37)18-41-30-34-21-12-6-5-11-20(21)28-33-23(29(38)35(28)30)16-26(36)31-17-19-10-4-8-14-24(19)39-2/h4-15,23H,3,16-18H2,1-2H3,(H,31,36)(H,32,37)/t23-/m1/s1. The number of amidine groups is 2. The topological polar surface area (TPSA) is 122 Å². The first-order valence-corrected chi connectivity index (χ1v) is 14.1. The molecule has 3 aromatic rings. The van der Waals surface area contributed by atoms with E-state index in [0.717, 1.165) is 17.3 Å². The van der Waals surface area contributed by atoms with Gasteiger partial charge in [-0.1, -0.05) is 54.2 Å². The maximum absolute atomic E-state index is 13.5. The van der Waals surface area contributed by atoms with Crippen LogP contribution in [0.1, 0.15) is 24.5 Å². The second-order valence-corrected chi connectivity index (χ2v) is 10.1. The van der Waals surface area contributed by atoms with E-state index in [-0.39, 0.29) is 36.4 Å². The van der Waals surface area contributed by atoms with Crippen molar-refractivity contribution < 1.29 is 23.9 Å². The largest absolute Gasteiger partial charge is 0.496 e. The van der Waals surface area contributed by atoms with Gasteiger partial charge in [-0.3, -0.25) is 19.4 Å². The van der Waals surface area contributed by atoms with Crippen molar-refractivity contribution in [3.63, 3.8) is 0 Å². The van der Waals surface area contributed by atoms with E-state index < -0.39 is 6.04 Å². The van der Waals surface area contributed by atoms with Gasteiger partial charge in [-0.05, 0) is 37.3 Å². The molecule has 3 amide bonds. The highest BCUT2D eigenvalue weighted by Crippen LogP contribution is 2.34. The highest BCUT2D eigenvalue weighted by atomic mass is 32.2. The smallest absolute Gasteiger partial charge is 0.259 e. The maximum Gasteiger partial charge on any atom is 0.259 e. The summed E-state index contributed by atoms with van der Waals surface area (Å²) < 4.78 is 10.9. The first-order valence-electron chi connectivity index (χ1n) is 13.1. The van der Waals surface area contributed by atoms with Crippen molar-refractivity contribution in [2.75, 3.05) is 24.8 Å². The summed E-state index contributed by atoms with van der Waals surface area (Å²) in [6, 6.07) is 21.0. The van der Waals surface area contributed by atoms with Crippen LogP contribution in [0.5, 0.6) is 11.5 Å². The van der Waals surface area contributed by atoms with Crippen molar-refractivity contribution in [1.29, 1.82) is 0 Å². The SMILES string of the molecule is CCOc1ccccc1NC(=O)CSC1=Nc2ccccc2C2=N[C@H](CC(=O)NCc3ccccc3OC)C(=O)N12. The molecule has 2 aliphatic rings. The Morgan fingerprint density at radius 2 is 1.71 bits per heavy atom. The van der Waals surface area contributed by atoms with Gasteiger partial charge in [-0.15, -0.1) is 0 Å². The number of thioether (sulfide) groups is 1. The van der Waals surface area contributed by atoms with E-state index in [1.54, 1.807) is 19.2 Å². The lowest BCUT2D eigenvalue weighted by molar-refractivity contribution is -0.128. The van der Waals surface area contributed by atoms with Crippen molar-refractivity contribution >= 4 is 51.9 Å². The zero-order valence-corrected chi connectivity index (χ0v) is 23.4. The summed E-state index contributed by atoms with van der Waals surface area (Å²) in [5.41, 5.74) is 2.72. The number of fused-ring (bicyclic) bond motifs is 3. The van der Waals surface area contributed by atoms with Crippen LogP contribution in [0.4, 0.5) is 11.4 Å². The number of amides is 3. The van der Waals surface area contributed by atoms with Crippen LogP contribution in [0.25, 0.3) is 0 Å². The molecule has 0 saturated carbocycles. The van der Waals surface area contributed by atoms with Crippen LogP contribution in [0.3, 0.4) is 0 Å². The number of para-hydroxylation sites is 4. The minimum absolute atomic E-state index is 0.00256. The monoisotopic (exact) mass is 571 g/mol. The van der Waals surface area contributed by atoms with Crippen molar-refractivity contribution in [3.8, 4) is 11.5 Å². The zero-order chi connectivity index (χ0) is 28.8. The molecule has 0 bridgehead atoms. The summed E-state index contributed by atoms with van der Waals surface area (Å²) in [5.74, 6) is 0.715. The van der Waals surface area contributed by atoms with Crippen LogP contribution in [-0.2, 0) is 20.9 Å². The summed E-state index contributed by atoms with van der Waals surface area (Å²) in [7, 11) is 1.57. The van der Waals surface area contributed by atoms with Gasteiger partial charge < -0.3 is 20.1 Å². The van der Waals surface area contributed by atoms with E-state index >= 15 is 0 Å². The minimum atomic E-state index is -0.911. The molecule has 3 aromatic carbocycles. The molecule has 0 aromatic heterocycles. The van der Waals surface area contributed by atoms with Crippen LogP contribution < -0.4 is 20.1 Å². The summed E-state index contributed by atoms with van der Waals surface area (Å²) in [4.78, 5) is 49.9. The Kier molecular flexibility index (Phi) is 8.64. The lowest BCUT2D eigenvalue weighted by atomic mass is 10.1. The number of methoxy groups -OCH3 is 1. The van der Waals surface area contributed by atoms with Crippen LogP contribution in [0.2, 0.25) is 0 Å².